The van der Waals surface area contributed by atoms with E-state index >= 15 is 0 Å². The fourth-order valence-corrected chi connectivity index (χ4v) is 0.740. The van der Waals surface area contributed by atoms with Crippen LogP contribution in [0.3, 0.4) is 0 Å². The third-order valence-electron chi connectivity index (χ3n) is 1.23. The van der Waals surface area contributed by atoms with Gasteiger partial charge in [0, 0.05) is 20.5 Å². The smallest absolute Gasteiger partial charge is 0.374 e. The molecule has 12 heavy (non-hydrogen) atoms. The molecular formula is C7H9N2NaO2. The molecule has 0 aliphatic carbocycles. The number of hydrogen-bond acceptors (Lipinski definition) is 4. The number of ether oxygens (including phenoxy) is 2. The monoisotopic (exact) mass is 176 g/mol. The molecule has 4 nitrogen and oxygen atoms in total. The first-order chi connectivity index (χ1) is 5.38. The average Bonchev–Trinajstić information content (AvgIpc) is 2.09. The van der Waals surface area contributed by atoms with E-state index in [0.29, 0.717) is 5.69 Å². The molecule has 0 aromatic carbocycles. The molecule has 0 atom stereocenters. The van der Waals surface area contributed by atoms with Crippen LogP contribution < -0.4 is 29.6 Å². The van der Waals surface area contributed by atoms with E-state index in [0.717, 1.165) is 0 Å². The van der Waals surface area contributed by atoms with Crippen LogP contribution in [-0.2, 0) is 9.47 Å². The minimum absolute atomic E-state index is 0. The largest absolute Gasteiger partial charge is 1.00 e. The summed E-state index contributed by atoms with van der Waals surface area (Å²) >= 11 is 0. The molecule has 0 saturated heterocycles. The summed E-state index contributed by atoms with van der Waals surface area (Å²) in [5, 5.41) is 0. The van der Waals surface area contributed by atoms with Crippen molar-refractivity contribution in [2.24, 2.45) is 0 Å². The molecule has 5 heteroatoms. The van der Waals surface area contributed by atoms with Crippen LogP contribution in [-0.4, -0.2) is 24.2 Å². The molecule has 1 aromatic heterocycles. The van der Waals surface area contributed by atoms with E-state index in [1.54, 1.807) is 26.5 Å². The molecule has 0 saturated carbocycles. The molecule has 0 N–H and O–H groups in total. The Kier molecular flexibility index (Phi) is 6.51. The Morgan fingerprint density at radius 3 is 2.50 bits per heavy atom. The Morgan fingerprint density at radius 2 is 2.08 bits per heavy atom. The van der Waals surface area contributed by atoms with Crippen LogP contribution in [0.5, 0.6) is 0 Å². The molecule has 0 fully saturated rings. The molecule has 0 aliphatic rings. The average molecular weight is 176 g/mol. The standard InChI is InChI=1S/C7H9N2O2.Na/c1-10-7(11-2)6-3-4-8-5-9-6;/h3-4,7H,1-2H3;/q-1;+1. The van der Waals surface area contributed by atoms with Crippen molar-refractivity contribution in [3.05, 3.63) is 24.3 Å². The summed E-state index contributed by atoms with van der Waals surface area (Å²) < 4.78 is 9.91. The van der Waals surface area contributed by atoms with Crippen LogP contribution in [0.25, 0.3) is 0 Å². The fourth-order valence-electron chi connectivity index (χ4n) is 0.740. The van der Waals surface area contributed by atoms with Crippen molar-refractivity contribution >= 4 is 0 Å². The van der Waals surface area contributed by atoms with E-state index in [4.69, 9.17) is 9.47 Å². The second-order valence-corrected chi connectivity index (χ2v) is 1.88. The van der Waals surface area contributed by atoms with Gasteiger partial charge in [0.1, 0.15) is 0 Å². The van der Waals surface area contributed by atoms with Crippen molar-refractivity contribution in [2.45, 2.75) is 6.29 Å². The van der Waals surface area contributed by atoms with E-state index in [-0.39, 0.29) is 29.6 Å². The summed E-state index contributed by atoms with van der Waals surface area (Å²) in [7, 11) is 3.10. The second kappa shape index (κ2) is 6.51. The SMILES string of the molecule is COC(OC)c1ccn[c-]n1.[Na+]. The first-order valence-corrected chi connectivity index (χ1v) is 3.13. The van der Waals surface area contributed by atoms with Crippen molar-refractivity contribution in [3.8, 4) is 0 Å². The normalized spacial score (nSPS) is 9.58. The molecule has 1 rings (SSSR count). The van der Waals surface area contributed by atoms with Gasteiger partial charge in [-0.15, -0.1) is 6.07 Å². The topological polar surface area (TPSA) is 44.2 Å². The molecule has 0 unspecified atom stereocenters. The van der Waals surface area contributed by atoms with E-state index in [1.807, 2.05) is 0 Å². The van der Waals surface area contributed by atoms with Crippen LogP contribution in [0.4, 0.5) is 0 Å². The van der Waals surface area contributed by atoms with Gasteiger partial charge in [-0.05, 0) is 5.69 Å². The Hall–Kier alpha value is 0. The first-order valence-electron chi connectivity index (χ1n) is 3.13. The maximum absolute atomic E-state index is 4.95. The molecular weight excluding hydrogens is 167 g/mol. The van der Waals surface area contributed by atoms with Crippen LogP contribution in [0.1, 0.15) is 12.0 Å². The third kappa shape index (κ3) is 3.16. The van der Waals surface area contributed by atoms with Gasteiger partial charge in [0.05, 0.1) is 0 Å². The number of hydrogen-bond donors (Lipinski definition) is 0. The molecule has 1 heterocycles. The van der Waals surface area contributed by atoms with E-state index in [1.165, 1.54) is 0 Å². The van der Waals surface area contributed by atoms with Gasteiger partial charge in [-0.1, -0.05) is 6.20 Å². The molecule has 0 spiro atoms. The van der Waals surface area contributed by atoms with Crippen molar-refractivity contribution in [2.75, 3.05) is 14.2 Å². The summed E-state index contributed by atoms with van der Waals surface area (Å²) in [5.74, 6) is 0. The minimum Gasteiger partial charge on any atom is -0.374 e. The zero-order valence-corrected chi connectivity index (χ0v) is 9.44. The summed E-state index contributed by atoms with van der Waals surface area (Å²) in [6.45, 7) is 0. The van der Waals surface area contributed by atoms with E-state index in [2.05, 4.69) is 16.3 Å². The summed E-state index contributed by atoms with van der Waals surface area (Å²) in [4.78, 5) is 7.48. The van der Waals surface area contributed by atoms with Crippen LogP contribution >= 0.6 is 0 Å². The van der Waals surface area contributed by atoms with Crippen LogP contribution in [0.15, 0.2) is 12.3 Å². The molecule has 0 aliphatic heterocycles. The quantitative estimate of drug-likeness (QED) is 0.292. The van der Waals surface area contributed by atoms with E-state index < -0.39 is 6.29 Å². The number of nitrogens with zero attached hydrogens (tertiary/aromatic N) is 2. The van der Waals surface area contributed by atoms with Gasteiger partial charge < -0.3 is 19.4 Å². The van der Waals surface area contributed by atoms with Gasteiger partial charge in [0.25, 0.3) is 0 Å². The fraction of sp³-hybridized carbons (Fsp3) is 0.429. The van der Waals surface area contributed by atoms with Gasteiger partial charge in [-0.2, -0.15) is 0 Å². The first kappa shape index (κ1) is 12.0. The number of rotatable bonds is 3. The summed E-state index contributed by atoms with van der Waals surface area (Å²) in [5.41, 5.74) is 0.671. The van der Waals surface area contributed by atoms with Crippen molar-refractivity contribution in [1.82, 2.24) is 9.97 Å². The van der Waals surface area contributed by atoms with Crippen LogP contribution in [0, 0.1) is 6.33 Å². The Labute approximate surface area is 93.6 Å². The van der Waals surface area contributed by atoms with Crippen molar-refractivity contribution in [3.63, 3.8) is 0 Å². The van der Waals surface area contributed by atoms with Gasteiger partial charge in [0.15, 0.2) is 6.29 Å². The zero-order valence-electron chi connectivity index (χ0n) is 7.44. The maximum atomic E-state index is 4.95. The molecule has 1 aromatic rings. The molecule has 60 valence electrons. The Bertz CT molecular complexity index is 204. The van der Waals surface area contributed by atoms with Gasteiger partial charge in [0.2, 0.25) is 0 Å². The molecule has 0 bridgehead atoms. The predicted octanol–water partition coefficient (Wildman–Crippen LogP) is -2.43. The Morgan fingerprint density at radius 1 is 1.42 bits per heavy atom. The predicted molar refractivity (Wildman–Crippen MR) is 37.6 cm³/mol. The number of aromatic nitrogens is 2. The van der Waals surface area contributed by atoms with Crippen LogP contribution in [0.2, 0.25) is 0 Å². The maximum Gasteiger partial charge on any atom is 1.00 e. The Balaban J connectivity index is 0.00000121. The second-order valence-electron chi connectivity index (χ2n) is 1.88. The summed E-state index contributed by atoms with van der Waals surface area (Å²) in [6.07, 6.45) is 3.62. The zero-order chi connectivity index (χ0) is 8.10. The van der Waals surface area contributed by atoms with Gasteiger partial charge in [-0.25, -0.2) is 0 Å². The minimum atomic E-state index is -0.422. The van der Waals surface area contributed by atoms with Crippen molar-refractivity contribution < 1.29 is 39.0 Å². The molecule has 0 amide bonds. The number of methoxy groups -OCH3 is 2. The summed E-state index contributed by atoms with van der Waals surface area (Å²) in [6, 6.07) is 1.72. The van der Waals surface area contributed by atoms with Crippen molar-refractivity contribution in [1.29, 1.82) is 0 Å². The van der Waals surface area contributed by atoms with Gasteiger partial charge in [-0.3, -0.25) is 0 Å². The van der Waals surface area contributed by atoms with Gasteiger partial charge >= 0.3 is 29.6 Å². The third-order valence-corrected chi connectivity index (χ3v) is 1.23. The molecule has 0 radical (unpaired) electrons. The van der Waals surface area contributed by atoms with E-state index in [9.17, 15) is 0 Å².